The number of amides is 1. The molecule has 3 aliphatic heterocycles. The predicted octanol–water partition coefficient (Wildman–Crippen LogP) is 3.47. The molecule has 1 unspecified atom stereocenters. The molecule has 1 aromatic carbocycles. The van der Waals surface area contributed by atoms with Crippen molar-refractivity contribution in [3.05, 3.63) is 42.0 Å². The first-order valence-electron chi connectivity index (χ1n) is 8.52. The number of carbonyl (C=O) groups is 1. The van der Waals surface area contributed by atoms with E-state index in [1.54, 1.807) is 12.1 Å². The zero-order valence-electron chi connectivity index (χ0n) is 13.8. The molecule has 1 atom stereocenters. The van der Waals surface area contributed by atoms with Crippen LogP contribution in [0.5, 0.6) is 5.06 Å². The molecule has 5 nitrogen and oxygen atoms in total. The molecule has 128 valence electrons. The van der Waals surface area contributed by atoms with Crippen LogP contribution in [0.4, 0.5) is 4.79 Å². The molecule has 25 heavy (non-hydrogen) atoms. The van der Waals surface area contributed by atoms with Crippen LogP contribution in [-0.2, 0) is 0 Å². The van der Waals surface area contributed by atoms with Gasteiger partial charge in [-0.25, -0.2) is 4.79 Å². The van der Waals surface area contributed by atoms with Crippen LogP contribution in [0, 0.1) is 17.2 Å². The highest BCUT2D eigenvalue weighted by Gasteiger charge is 2.35. The van der Waals surface area contributed by atoms with Gasteiger partial charge in [-0.05, 0) is 61.7 Å². The molecule has 2 bridgehead atoms. The van der Waals surface area contributed by atoms with E-state index in [9.17, 15) is 4.79 Å². The SMILES string of the molecule is N#Cc1cccc(-c2ccc(OC(=O)NC3CN4CCC3CC4)s2)c1. The number of nitriles is 1. The van der Waals surface area contributed by atoms with Crippen LogP contribution in [0.25, 0.3) is 10.4 Å². The maximum Gasteiger partial charge on any atom is 0.413 e. The highest BCUT2D eigenvalue weighted by molar-refractivity contribution is 7.17. The Bertz CT molecular complexity index is 818. The van der Waals surface area contributed by atoms with E-state index in [-0.39, 0.29) is 12.1 Å². The third-order valence-corrected chi connectivity index (χ3v) is 6.02. The molecule has 2 aromatic rings. The minimum absolute atomic E-state index is 0.196. The average molecular weight is 353 g/mol. The summed E-state index contributed by atoms with van der Waals surface area (Å²) in [4.78, 5) is 15.6. The molecule has 4 heterocycles. The first-order valence-corrected chi connectivity index (χ1v) is 9.34. The zero-order valence-corrected chi connectivity index (χ0v) is 14.6. The summed E-state index contributed by atoms with van der Waals surface area (Å²) in [5.41, 5.74) is 1.57. The Morgan fingerprint density at radius 1 is 1.28 bits per heavy atom. The number of fused-ring (bicyclic) bond motifs is 3. The standard InChI is InChI=1S/C19H19N3O2S/c20-11-13-2-1-3-15(10-13)17-4-5-18(25-17)24-19(23)21-16-12-22-8-6-14(16)7-9-22/h1-5,10,14,16H,6-9,12H2,(H,21,23). The maximum atomic E-state index is 12.2. The van der Waals surface area contributed by atoms with Gasteiger partial charge in [-0.3, -0.25) is 0 Å². The van der Waals surface area contributed by atoms with E-state index in [0.717, 1.165) is 42.9 Å². The molecule has 1 amide bonds. The van der Waals surface area contributed by atoms with E-state index in [0.29, 0.717) is 16.5 Å². The third kappa shape index (κ3) is 3.53. The number of carbonyl (C=O) groups excluding carboxylic acids is 1. The van der Waals surface area contributed by atoms with Gasteiger partial charge in [0.2, 0.25) is 0 Å². The van der Waals surface area contributed by atoms with E-state index < -0.39 is 0 Å². The Morgan fingerprint density at radius 2 is 2.12 bits per heavy atom. The van der Waals surface area contributed by atoms with Gasteiger partial charge in [0, 0.05) is 17.5 Å². The fraction of sp³-hybridized carbons (Fsp3) is 0.368. The Hall–Kier alpha value is -2.36. The molecule has 3 fully saturated rings. The second kappa shape index (κ2) is 6.87. The van der Waals surface area contributed by atoms with E-state index in [4.69, 9.17) is 10.00 Å². The summed E-state index contributed by atoms with van der Waals surface area (Å²) in [5.74, 6) is 0.574. The Labute approximate surface area is 150 Å². The fourth-order valence-corrected chi connectivity index (χ4v) is 4.52. The smallest absolute Gasteiger partial charge is 0.399 e. The van der Waals surface area contributed by atoms with Gasteiger partial charge in [0.25, 0.3) is 0 Å². The third-order valence-electron chi connectivity index (χ3n) is 5.01. The summed E-state index contributed by atoms with van der Waals surface area (Å²) < 4.78 is 5.47. The first kappa shape index (κ1) is 16.1. The summed E-state index contributed by atoms with van der Waals surface area (Å²) in [7, 11) is 0. The van der Waals surface area contributed by atoms with Gasteiger partial charge in [-0.2, -0.15) is 5.26 Å². The van der Waals surface area contributed by atoms with Crippen molar-refractivity contribution >= 4 is 17.4 Å². The van der Waals surface area contributed by atoms with Crippen molar-refractivity contribution < 1.29 is 9.53 Å². The second-order valence-corrected chi connectivity index (χ2v) is 7.64. The number of nitrogens with zero attached hydrogens (tertiary/aromatic N) is 2. The second-order valence-electron chi connectivity index (χ2n) is 6.59. The molecule has 6 heteroatoms. The molecule has 3 saturated heterocycles. The quantitative estimate of drug-likeness (QED) is 0.918. The molecule has 0 spiro atoms. The summed E-state index contributed by atoms with van der Waals surface area (Å²) in [6.45, 7) is 3.22. The van der Waals surface area contributed by atoms with Crippen LogP contribution in [-0.4, -0.2) is 36.7 Å². The first-order chi connectivity index (χ1) is 12.2. The minimum Gasteiger partial charge on any atom is -0.399 e. The highest BCUT2D eigenvalue weighted by Crippen LogP contribution is 2.33. The number of hydrogen-bond donors (Lipinski definition) is 1. The lowest BCUT2D eigenvalue weighted by Crippen LogP contribution is -2.57. The Balaban J connectivity index is 1.39. The van der Waals surface area contributed by atoms with Crippen LogP contribution >= 0.6 is 11.3 Å². The molecule has 0 radical (unpaired) electrons. The number of hydrogen-bond acceptors (Lipinski definition) is 5. The van der Waals surface area contributed by atoms with Crippen LogP contribution < -0.4 is 10.1 Å². The largest absolute Gasteiger partial charge is 0.413 e. The van der Waals surface area contributed by atoms with E-state index >= 15 is 0 Å². The number of piperidine rings is 3. The maximum absolute atomic E-state index is 12.2. The molecule has 1 N–H and O–H groups in total. The van der Waals surface area contributed by atoms with Crippen molar-refractivity contribution in [1.29, 1.82) is 5.26 Å². The lowest BCUT2D eigenvalue weighted by atomic mass is 9.84. The molecule has 3 aliphatic rings. The summed E-state index contributed by atoms with van der Waals surface area (Å²) in [6, 6.07) is 13.5. The molecule has 1 aromatic heterocycles. The van der Waals surface area contributed by atoms with E-state index in [1.807, 2.05) is 24.3 Å². The summed E-state index contributed by atoms with van der Waals surface area (Å²) >= 11 is 1.41. The average Bonchev–Trinajstić information content (AvgIpc) is 3.11. The van der Waals surface area contributed by atoms with Gasteiger partial charge in [-0.15, -0.1) is 0 Å². The molecular weight excluding hydrogens is 334 g/mol. The van der Waals surface area contributed by atoms with Crippen molar-refractivity contribution in [2.75, 3.05) is 19.6 Å². The van der Waals surface area contributed by atoms with Crippen molar-refractivity contribution in [2.45, 2.75) is 18.9 Å². The van der Waals surface area contributed by atoms with Gasteiger partial charge >= 0.3 is 6.09 Å². The van der Waals surface area contributed by atoms with E-state index in [2.05, 4.69) is 16.3 Å². The molecular formula is C19H19N3O2S. The topological polar surface area (TPSA) is 65.4 Å². The van der Waals surface area contributed by atoms with E-state index in [1.165, 1.54) is 11.3 Å². The van der Waals surface area contributed by atoms with Gasteiger partial charge in [0.05, 0.1) is 11.6 Å². The van der Waals surface area contributed by atoms with Crippen molar-refractivity contribution in [3.8, 4) is 21.6 Å². The van der Waals surface area contributed by atoms with Gasteiger partial charge in [0.1, 0.15) is 0 Å². The van der Waals surface area contributed by atoms with Gasteiger partial charge in [-0.1, -0.05) is 23.5 Å². The van der Waals surface area contributed by atoms with Crippen LogP contribution in [0.2, 0.25) is 0 Å². The van der Waals surface area contributed by atoms with Crippen LogP contribution in [0.1, 0.15) is 18.4 Å². The normalized spacial score (nSPS) is 24.5. The van der Waals surface area contributed by atoms with Crippen LogP contribution in [0.3, 0.4) is 0 Å². The van der Waals surface area contributed by atoms with Crippen molar-refractivity contribution in [2.24, 2.45) is 5.92 Å². The van der Waals surface area contributed by atoms with Crippen molar-refractivity contribution in [3.63, 3.8) is 0 Å². The summed E-state index contributed by atoms with van der Waals surface area (Å²) in [6.07, 6.45) is 1.94. The molecule has 0 saturated carbocycles. The molecule has 0 aliphatic carbocycles. The lowest BCUT2D eigenvalue weighted by molar-refractivity contribution is 0.0726. The van der Waals surface area contributed by atoms with Crippen LogP contribution in [0.15, 0.2) is 36.4 Å². The van der Waals surface area contributed by atoms with Gasteiger partial charge < -0.3 is 15.0 Å². The highest BCUT2D eigenvalue weighted by atomic mass is 32.1. The number of ether oxygens (including phenoxy) is 1. The zero-order chi connectivity index (χ0) is 17.2. The Kier molecular flexibility index (Phi) is 4.43. The van der Waals surface area contributed by atoms with Crippen molar-refractivity contribution in [1.82, 2.24) is 10.2 Å². The number of thiophene rings is 1. The summed E-state index contributed by atoms with van der Waals surface area (Å²) in [5, 5.41) is 12.6. The van der Waals surface area contributed by atoms with Gasteiger partial charge in [0.15, 0.2) is 5.06 Å². The molecule has 5 rings (SSSR count). The minimum atomic E-state index is -0.377. The number of nitrogens with one attached hydrogen (secondary N) is 1. The number of rotatable bonds is 3. The Morgan fingerprint density at radius 3 is 2.84 bits per heavy atom. The number of benzene rings is 1. The lowest BCUT2D eigenvalue weighted by Gasteiger charge is -2.44. The predicted molar refractivity (Wildman–Crippen MR) is 96.6 cm³/mol. The monoisotopic (exact) mass is 353 g/mol. The fourth-order valence-electron chi connectivity index (χ4n) is 3.67.